The van der Waals surface area contributed by atoms with Crippen molar-refractivity contribution in [3.8, 4) is 0 Å². The van der Waals surface area contributed by atoms with E-state index in [1.807, 2.05) is 0 Å². The molecule has 3 heteroatoms. The lowest BCUT2D eigenvalue weighted by atomic mass is 9.66. The first-order valence-corrected chi connectivity index (χ1v) is 6.74. The van der Waals surface area contributed by atoms with E-state index in [4.69, 9.17) is 4.74 Å². The molecule has 17 heavy (non-hydrogen) atoms. The highest BCUT2D eigenvalue weighted by atomic mass is 16.5. The highest BCUT2D eigenvalue weighted by molar-refractivity contribution is 5.74. The largest absolute Gasteiger partial charge is 0.481 e. The van der Waals surface area contributed by atoms with Crippen molar-refractivity contribution in [3.05, 3.63) is 0 Å². The molecule has 0 amide bonds. The summed E-state index contributed by atoms with van der Waals surface area (Å²) in [5.41, 5.74) is -0.468. The first-order valence-electron chi connectivity index (χ1n) is 6.74. The number of hydrogen-bond donors (Lipinski definition) is 1. The van der Waals surface area contributed by atoms with Crippen molar-refractivity contribution in [3.63, 3.8) is 0 Å². The molecule has 0 aromatic heterocycles. The number of carbonyl (C=O) groups is 1. The van der Waals surface area contributed by atoms with Crippen molar-refractivity contribution in [1.82, 2.24) is 0 Å². The van der Waals surface area contributed by atoms with E-state index in [1.165, 1.54) is 0 Å². The smallest absolute Gasteiger partial charge is 0.309 e. The Labute approximate surface area is 105 Å². The molecule has 0 aromatic carbocycles. The number of carboxylic acid groups (broad SMARTS) is 1. The van der Waals surface area contributed by atoms with Crippen LogP contribution in [0.1, 0.15) is 52.4 Å². The zero-order valence-electron chi connectivity index (χ0n) is 11.4. The van der Waals surface area contributed by atoms with Gasteiger partial charge in [0.1, 0.15) is 0 Å². The third kappa shape index (κ3) is 3.70. The highest BCUT2D eigenvalue weighted by Gasteiger charge is 2.41. The van der Waals surface area contributed by atoms with Gasteiger partial charge in [0, 0.05) is 13.7 Å². The molecule has 1 rings (SSSR count). The van der Waals surface area contributed by atoms with Crippen LogP contribution in [0.15, 0.2) is 0 Å². The van der Waals surface area contributed by atoms with Crippen molar-refractivity contribution in [1.29, 1.82) is 0 Å². The fraction of sp³-hybridized carbons (Fsp3) is 0.929. The lowest BCUT2D eigenvalue weighted by Gasteiger charge is -2.38. The number of ether oxygens (including phenoxy) is 1. The first kappa shape index (κ1) is 14.5. The van der Waals surface area contributed by atoms with Gasteiger partial charge < -0.3 is 9.84 Å². The van der Waals surface area contributed by atoms with Crippen LogP contribution < -0.4 is 0 Å². The van der Waals surface area contributed by atoms with Gasteiger partial charge >= 0.3 is 5.97 Å². The van der Waals surface area contributed by atoms with Gasteiger partial charge in [0.2, 0.25) is 0 Å². The summed E-state index contributed by atoms with van der Waals surface area (Å²) in [4.78, 5) is 11.5. The van der Waals surface area contributed by atoms with Gasteiger partial charge in [0.15, 0.2) is 0 Å². The fourth-order valence-corrected chi connectivity index (χ4v) is 2.99. The summed E-state index contributed by atoms with van der Waals surface area (Å²) in [7, 11) is 1.67. The molecule has 0 unspecified atom stereocenters. The second-order valence-corrected chi connectivity index (χ2v) is 5.76. The van der Waals surface area contributed by atoms with Crippen LogP contribution in [0.4, 0.5) is 0 Å². The quantitative estimate of drug-likeness (QED) is 0.727. The molecule has 0 radical (unpaired) electrons. The molecule has 100 valence electrons. The van der Waals surface area contributed by atoms with E-state index in [2.05, 4.69) is 13.8 Å². The minimum atomic E-state index is -0.601. The molecule has 0 bridgehead atoms. The Morgan fingerprint density at radius 1 is 1.41 bits per heavy atom. The second-order valence-electron chi connectivity index (χ2n) is 5.76. The van der Waals surface area contributed by atoms with E-state index in [1.54, 1.807) is 7.11 Å². The normalized spacial score (nSPS) is 29.5. The van der Waals surface area contributed by atoms with E-state index in [0.717, 1.165) is 38.5 Å². The number of carboxylic acids is 1. The van der Waals surface area contributed by atoms with Crippen molar-refractivity contribution in [2.75, 3.05) is 13.7 Å². The maximum atomic E-state index is 11.5. The molecular formula is C14H26O3. The Morgan fingerprint density at radius 2 is 2.00 bits per heavy atom. The maximum Gasteiger partial charge on any atom is 0.309 e. The minimum Gasteiger partial charge on any atom is -0.481 e. The Bertz CT molecular complexity index is 240. The number of hydrogen-bond acceptors (Lipinski definition) is 2. The fourth-order valence-electron chi connectivity index (χ4n) is 2.99. The highest BCUT2D eigenvalue weighted by Crippen LogP contribution is 2.44. The molecule has 0 saturated heterocycles. The van der Waals surface area contributed by atoms with Crippen LogP contribution in [0.25, 0.3) is 0 Å². The van der Waals surface area contributed by atoms with Gasteiger partial charge in [0.25, 0.3) is 0 Å². The minimum absolute atomic E-state index is 0.468. The summed E-state index contributed by atoms with van der Waals surface area (Å²) in [6.07, 6.45) is 5.44. The Balaban J connectivity index is 2.54. The van der Waals surface area contributed by atoms with Gasteiger partial charge in [0.05, 0.1) is 5.41 Å². The summed E-state index contributed by atoms with van der Waals surface area (Å²) in [6.45, 7) is 5.15. The van der Waals surface area contributed by atoms with Gasteiger partial charge in [-0.15, -0.1) is 0 Å². The Morgan fingerprint density at radius 3 is 2.41 bits per heavy atom. The molecule has 0 aromatic rings. The molecule has 0 aliphatic heterocycles. The monoisotopic (exact) mass is 242 g/mol. The summed E-state index contributed by atoms with van der Waals surface area (Å²) in [5, 5.41) is 9.47. The number of aliphatic carboxylic acids is 1. The van der Waals surface area contributed by atoms with Crippen LogP contribution in [-0.4, -0.2) is 24.8 Å². The molecule has 0 heterocycles. The lowest BCUT2D eigenvalue weighted by Crippen LogP contribution is -2.36. The van der Waals surface area contributed by atoms with E-state index in [-0.39, 0.29) is 0 Å². The van der Waals surface area contributed by atoms with Gasteiger partial charge in [-0.25, -0.2) is 0 Å². The van der Waals surface area contributed by atoms with Crippen LogP contribution in [0.2, 0.25) is 0 Å². The van der Waals surface area contributed by atoms with Gasteiger partial charge in [-0.2, -0.15) is 0 Å². The Kier molecular flexibility index (Phi) is 5.44. The van der Waals surface area contributed by atoms with Gasteiger partial charge in [-0.3, -0.25) is 4.79 Å². The maximum absolute atomic E-state index is 11.5. The molecule has 3 nitrogen and oxygen atoms in total. The molecule has 0 spiro atoms. The third-order valence-corrected chi connectivity index (χ3v) is 4.39. The number of methoxy groups -OCH3 is 1. The third-order valence-electron chi connectivity index (χ3n) is 4.39. The SMILES string of the molecule is COCCCC1(C(=O)O)CCC(C(C)C)CC1. The van der Waals surface area contributed by atoms with Crippen molar-refractivity contribution in [2.45, 2.75) is 52.4 Å². The van der Waals surface area contributed by atoms with E-state index in [9.17, 15) is 9.90 Å². The molecule has 0 atom stereocenters. The van der Waals surface area contributed by atoms with Crippen LogP contribution >= 0.6 is 0 Å². The topological polar surface area (TPSA) is 46.5 Å². The molecule has 1 aliphatic carbocycles. The van der Waals surface area contributed by atoms with E-state index >= 15 is 0 Å². The van der Waals surface area contributed by atoms with Crippen molar-refractivity contribution in [2.24, 2.45) is 17.3 Å². The summed E-state index contributed by atoms with van der Waals surface area (Å²) >= 11 is 0. The summed E-state index contributed by atoms with van der Waals surface area (Å²) < 4.78 is 5.02. The predicted molar refractivity (Wildman–Crippen MR) is 68.0 cm³/mol. The molecule has 1 fully saturated rings. The van der Waals surface area contributed by atoms with Crippen LogP contribution in [0.5, 0.6) is 0 Å². The second kappa shape index (κ2) is 6.39. The van der Waals surface area contributed by atoms with Crippen LogP contribution in [0.3, 0.4) is 0 Å². The molecule has 1 N–H and O–H groups in total. The van der Waals surface area contributed by atoms with E-state index in [0.29, 0.717) is 18.4 Å². The van der Waals surface area contributed by atoms with Crippen LogP contribution in [0, 0.1) is 17.3 Å². The van der Waals surface area contributed by atoms with Crippen LogP contribution in [-0.2, 0) is 9.53 Å². The standard InChI is InChI=1S/C14H26O3/c1-11(2)12-5-8-14(9-6-12,13(15)16)7-4-10-17-3/h11-12H,4-10H2,1-3H3,(H,15,16). The summed E-state index contributed by atoms with van der Waals surface area (Å²) in [5.74, 6) is 0.793. The average molecular weight is 242 g/mol. The zero-order chi connectivity index (χ0) is 12.9. The van der Waals surface area contributed by atoms with Crippen molar-refractivity contribution >= 4 is 5.97 Å². The number of rotatable bonds is 6. The summed E-state index contributed by atoms with van der Waals surface area (Å²) in [6, 6.07) is 0. The van der Waals surface area contributed by atoms with Gasteiger partial charge in [-0.05, 0) is 50.4 Å². The lowest BCUT2D eigenvalue weighted by molar-refractivity contribution is -0.152. The predicted octanol–water partition coefficient (Wildman–Crippen LogP) is 3.33. The average Bonchev–Trinajstić information content (AvgIpc) is 2.29. The Hall–Kier alpha value is -0.570. The molecular weight excluding hydrogens is 216 g/mol. The van der Waals surface area contributed by atoms with E-state index < -0.39 is 11.4 Å². The molecule has 1 aliphatic rings. The van der Waals surface area contributed by atoms with Crippen molar-refractivity contribution < 1.29 is 14.6 Å². The molecule has 1 saturated carbocycles. The zero-order valence-corrected chi connectivity index (χ0v) is 11.4. The first-order chi connectivity index (χ1) is 8.02. The van der Waals surface area contributed by atoms with Gasteiger partial charge in [-0.1, -0.05) is 13.8 Å².